The van der Waals surface area contributed by atoms with E-state index in [-0.39, 0.29) is 23.5 Å². The molecule has 2 heterocycles. The zero-order valence-electron chi connectivity index (χ0n) is 21.8. The predicted molar refractivity (Wildman–Crippen MR) is 149 cm³/mol. The highest BCUT2D eigenvalue weighted by Gasteiger charge is 2.29. The van der Waals surface area contributed by atoms with Gasteiger partial charge in [0.05, 0.1) is 16.8 Å². The first-order valence-electron chi connectivity index (χ1n) is 13.6. The molecule has 1 saturated carbocycles. The number of fused-ring (bicyclic) bond motifs is 1. The highest BCUT2D eigenvalue weighted by atomic mass is 32.2. The zero-order valence-corrected chi connectivity index (χ0v) is 22.6. The van der Waals surface area contributed by atoms with Crippen LogP contribution < -0.4 is 11.1 Å². The van der Waals surface area contributed by atoms with Crippen molar-refractivity contribution < 1.29 is 18.0 Å². The second kappa shape index (κ2) is 10.9. The molecule has 0 spiro atoms. The van der Waals surface area contributed by atoms with Crippen LogP contribution in [0.2, 0.25) is 0 Å². The first-order chi connectivity index (χ1) is 18.3. The molecule has 0 atom stereocenters. The Labute approximate surface area is 224 Å². The van der Waals surface area contributed by atoms with Gasteiger partial charge < -0.3 is 16.0 Å². The summed E-state index contributed by atoms with van der Waals surface area (Å²) < 4.78 is 26.2. The van der Waals surface area contributed by atoms with Crippen LogP contribution in [0.25, 0.3) is 22.0 Å². The van der Waals surface area contributed by atoms with E-state index < -0.39 is 15.9 Å². The molecule has 2 aromatic carbocycles. The number of rotatable bonds is 9. The summed E-state index contributed by atoms with van der Waals surface area (Å²) in [6.07, 6.45) is 7.31. The van der Waals surface area contributed by atoms with Gasteiger partial charge in [-0.2, -0.15) is 0 Å². The minimum Gasteiger partial charge on any atom is -0.366 e. The van der Waals surface area contributed by atoms with Crippen molar-refractivity contribution in [1.29, 1.82) is 0 Å². The third kappa shape index (κ3) is 5.35. The molecule has 0 radical (unpaired) electrons. The molecule has 1 aliphatic heterocycles. The number of hydrogen-bond acceptors (Lipinski definition) is 4. The number of nitrogens with zero attached hydrogens (tertiary/aromatic N) is 1. The van der Waals surface area contributed by atoms with Gasteiger partial charge in [-0.15, -0.1) is 0 Å². The molecule has 2 amide bonds. The van der Waals surface area contributed by atoms with Crippen molar-refractivity contribution in [2.45, 2.75) is 51.4 Å². The lowest BCUT2D eigenvalue weighted by atomic mass is 9.85. The second-order valence-corrected chi connectivity index (χ2v) is 12.8. The van der Waals surface area contributed by atoms with Gasteiger partial charge in [-0.1, -0.05) is 30.7 Å². The Morgan fingerprint density at radius 2 is 1.76 bits per heavy atom. The molecule has 1 aromatic heterocycles. The third-order valence-electron chi connectivity index (χ3n) is 8.21. The average molecular weight is 537 g/mol. The SMILES string of the molecule is CCS(=O)(=O)N1CCC(c2c[nH]c3c(C(N)=O)cc(-c4ccc(CCNC(=O)C5CCC5)cc4)cc23)CC1. The lowest BCUT2D eigenvalue weighted by Crippen LogP contribution is -2.38. The monoisotopic (exact) mass is 536 g/mol. The van der Waals surface area contributed by atoms with Crippen LogP contribution in [0.4, 0.5) is 0 Å². The minimum atomic E-state index is -3.19. The van der Waals surface area contributed by atoms with Crippen LogP contribution in [0.5, 0.6) is 0 Å². The Balaban J connectivity index is 1.35. The number of carbonyl (C=O) groups is 2. The molecule has 2 aliphatic rings. The molecule has 202 valence electrons. The molecule has 3 aromatic rings. The highest BCUT2D eigenvalue weighted by molar-refractivity contribution is 7.89. The first-order valence-corrected chi connectivity index (χ1v) is 15.2. The van der Waals surface area contributed by atoms with Crippen LogP contribution in [0, 0.1) is 5.92 Å². The number of piperidine rings is 1. The van der Waals surface area contributed by atoms with Crippen molar-refractivity contribution >= 4 is 32.7 Å². The van der Waals surface area contributed by atoms with E-state index in [1.807, 2.05) is 24.4 Å². The van der Waals surface area contributed by atoms with E-state index in [1.165, 1.54) is 0 Å². The van der Waals surface area contributed by atoms with Gasteiger partial charge in [-0.05, 0) is 79.3 Å². The highest BCUT2D eigenvalue weighted by Crippen LogP contribution is 2.37. The van der Waals surface area contributed by atoms with E-state index in [0.29, 0.717) is 25.2 Å². The molecule has 8 nitrogen and oxygen atoms in total. The summed E-state index contributed by atoms with van der Waals surface area (Å²) in [5.74, 6) is 0.180. The van der Waals surface area contributed by atoms with Crippen LogP contribution in [0.1, 0.15) is 66.4 Å². The molecule has 38 heavy (non-hydrogen) atoms. The normalized spacial score (nSPS) is 17.4. The zero-order chi connectivity index (χ0) is 26.9. The Morgan fingerprint density at radius 1 is 1.05 bits per heavy atom. The number of amides is 2. The van der Waals surface area contributed by atoms with Crippen LogP contribution in [-0.2, 0) is 21.2 Å². The lowest BCUT2D eigenvalue weighted by Gasteiger charge is -2.31. The van der Waals surface area contributed by atoms with Gasteiger partial charge in [0.15, 0.2) is 0 Å². The summed E-state index contributed by atoms with van der Waals surface area (Å²) in [4.78, 5) is 27.7. The van der Waals surface area contributed by atoms with Crippen LogP contribution in [-0.4, -0.2) is 54.9 Å². The van der Waals surface area contributed by atoms with Gasteiger partial charge in [-0.25, -0.2) is 12.7 Å². The van der Waals surface area contributed by atoms with Crippen LogP contribution >= 0.6 is 0 Å². The molecular formula is C29H36N4O4S. The molecule has 4 N–H and O–H groups in total. The molecule has 0 bridgehead atoms. The fourth-order valence-electron chi connectivity index (χ4n) is 5.59. The first kappa shape index (κ1) is 26.4. The molecule has 0 unspecified atom stereocenters. The van der Waals surface area contributed by atoms with Gasteiger partial charge in [0.1, 0.15) is 0 Å². The van der Waals surface area contributed by atoms with E-state index in [1.54, 1.807) is 11.2 Å². The second-order valence-electron chi connectivity index (χ2n) is 10.5. The fourth-order valence-corrected chi connectivity index (χ4v) is 6.72. The van der Waals surface area contributed by atoms with E-state index in [4.69, 9.17) is 5.73 Å². The van der Waals surface area contributed by atoms with Gasteiger partial charge in [0, 0.05) is 37.1 Å². The Hall–Kier alpha value is -3.17. The van der Waals surface area contributed by atoms with Gasteiger partial charge in [-0.3, -0.25) is 9.59 Å². The average Bonchev–Trinajstić information content (AvgIpc) is 3.31. The summed E-state index contributed by atoms with van der Waals surface area (Å²) in [5, 5.41) is 3.99. The number of primary amides is 1. The number of aromatic amines is 1. The number of H-pyrrole nitrogens is 1. The van der Waals surface area contributed by atoms with E-state index in [9.17, 15) is 18.0 Å². The summed E-state index contributed by atoms with van der Waals surface area (Å²) in [5.41, 5.74) is 11.0. The predicted octanol–water partition coefficient (Wildman–Crippen LogP) is 3.92. The third-order valence-corrected chi connectivity index (χ3v) is 10.1. The maximum Gasteiger partial charge on any atom is 0.250 e. The van der Waals surface area contributed by atoms with Crippen molar-refractivity contribution in [3.8, 4) is 11.1 Å². The van der Waals surface area contributed by atoms with E-state index in [2.05, 4.69) is 28.5 Å². The number of nitrogens with one attached hydrogen (secondary N) is 2. The topological polar surface area (TPSA) is 125 Å². The van der Waals surface area contributed by atoms with Crippen LogP contribution in [0.15, 0.2) is 42.6 Å². The standard InChI is InChI=1S/C29H36N4O4S/c1-2-38(36,37)33-14-11-21(12-15-33)26-18-32-27-24(26)16-23(17-25(27)28(30)34)20-8-6-19(7-9-20)10-13-31-29(35)22-4-3-5-22/h6-9,16-18,21-22,32H,2-5,10-15H2,1H3,(H2,30,34)(H,31,35). The smallest absolute Gasteiger partial charge is 0.250 e. The van der Waals surface area contributed by atoms with E-state index in [0.717, 1.165) is 71.7 Å². The maximum absolute atomic E-state index is 12.4. The van der Waals surface area contributed by atoms with Crippen molar-refractivity contribution in [1.82, 2.24) is 14.6 Å². The number of sulfonamides is 1. The maximum atomic E-state index is 12.4. The van der Waals surface area contributed by atoms with Gasteiger partial charge in [0.2, 0.25) is 15.9 Å². The summed E-state index contributed by atoms with van der Waals surface area (Å²) >= 11 is 0. The van der Waals surface area contributed by atoms with Crippen molar-refractivity contribution in [2.24, 2.45) is 11.7 Å². The van der Waals surface area contributed by atoms with E-state index >= 15 is 0 Å². The van der Waals surface area contributed by atoms with Crippen LogP contribution in [0.3, 0.4) is 0 Å². The minimum absolute atomic E-state index is 0.115. The Morgan fingerprint density at radius 3 is 2.37 bits per heavy atom. The fraction of sp³-hybridized carbons (Fsp3) is 0.448. The molecule has 9 heteroatoms. The number of carbonyl (C=O) groups excluding carboxylic acids is 2. The molecule has 2 fully saturated rings. The number of benzene rings is 2. The number of hydrogen-bond donors (Lipinski definition) is 3. The number of nitrogens with two attached hydrogens (primary N) is 1. The summed E-state index contributed by atoms with van der Waals surface area (Å²) in [6, 6.07) is 12.1. The van der Waals surface area contributed by atoms with Gasteiger partial charge >= 0.3 is 0 Å². The molecule has 1 aliphatic carbocycles. The van der Waals surface area contributed by atoms with Gasteiger partial charge in [0.25, 0.3) is 5.91 Å². The van der Waals surface area contributed by atoms with Crippen molar-refractivity contribution in [3.05, 3.63) is 59.3 Å². The summed E-state index contributed by atoms with van der Waals surface area (Å²) in [6.45, 7) is 3.29. The summed E-state index contributed by atoms with van der Waals surface area (Å²) in [7, 11) is -3.19. The molecular weight excluding hydrogens is 500 g/mol. The Bertz CT molecular complexity index is 1430. The number of aromatic nitrogens is 1. The van der Waals surface area contributed by atoms with Crippen molar-refractivity contribution in [3.63, 3.8) is 0 Å². The molecule has 5 rings (SSSR count). The van der Waals surface area contributed by atoms with Crippen molar-refractivity contribution in [2.75, 3.05) is 25.4 Å². The molecule has 1 saturated heterocycles. The largest absolute Gasteiger partial charge is 0.366 e. The lowest BCUT2D eigenvalue weighted by molar-refractivity contribution is -0.127. The Kier molecular flexibility index (Phi) is 7.59. The quantitative estimate of drug-likeness (QED) is 0.383.